The lowest BCUT2D eigenvalue weighted by Gasteiger charge is -2.39. The van der Waals surface area contributed by atoms with Gasteiger partial charge in [-0.25, -0.2) is 0 Å². The van der Waals surface area contributed by atoms with Crippen LogP contribution in [-0.4, -0.2) is 47.0 Å². The van der Waals surface area contributed by atoms with Gasteiger partial charge in [-0.15, -0.1) is 0 Å². The van der Waals surface area contributed by atoms with E-state index >= 15 is 0 Å². The van der Waals surface area contributed by atoms with Crippen molar-refractivity contribution in [2.75, 3.05) is 20.3 Å². The van der Waals surface area contributed by atoms with Crippen molar-refractivity contribution in [2.24, 2.45) is 0 Å². The standard InChI is InChI=1S/C22H38O6PSi/c1-8-13-26-29-27-21-19(15-24-14-17-9-11-18(23-5)12-10-17)25-16-20(21)28-30(6,7)22(2,3)4/h9-12,16,19-21,29H,8,13-15H2,1-7H3/t19-,20-,21?/m1/s1. The van der Waals surface area contributed by atoms with Crippen LogP contribution < -0.4 is 4.74 Å². The molecule has 1 fully saturated rings. The monoisotopic (exact) mass is 457 g/mol. The third-order valence-corrected chi connectivity index (χ3v) is 10.7. The van der Waals surface area contributed by atoms with Crippen molar-refractivity contribution < 1.29 is 27.7 Å². The van der Waals surface area contributed by atoms with Gasteiger partial charge in [0.2, 0.25) is 0 Å². The van der Waals surface area contributed by atoms with E-state index in [4.69, 9.17) is 27.7 Å². The second kappa shape index (κ2) is 11.9. The summed E-state index contributed by atoms with van der Waals surface area (Å²) in [5.74, 6) is 0.833. The summed E-state index contributed by atoms with van der Waals surface area (Å²) >= 11 is 0. The van der Waals surface area contributed by atoms with Crippen molar-refractivity contribution in [3.05, 3.63) is 36.4 Å². The van der Waals surface area contributed by atoms with Gasteiger partial charge in [-0.05, 0) is 42.2 Å². The van der Waals surface area contributed by atoms with Gasteiger partial charge in [0.15, 0.2) is 17.4 Å². The van der Waals surface area contributed by atoms with Crippen LogP contribution in [0, 0.1) is 6.61 Å². The van der Waals surface area contributed by atoms with Crippen LogP contribution in [0.15, 0.2) is 24.3 Å². The molecule has 0 bridgehead atoms. The van der Waals surface area contributed by atoms with Crippen molar-refractivity contribution >= 4 is 17.4 Å². The maximum Gasteiger partial charge on any atom is 0.192 e. The zero-order valence-electron chi connectivity index (χ0n) is 19.4. The lowest BCUT2D eigenvalue weighted by Crippen LogP contribution is -2.47. The fraction of sp³-hybridized carbons (Fsp3) is 0.682. The molecule has 0 aromatic heterocycles. The van der Waals surface area contributed by atoms with Gasteiger partial charge in [0, 0.05) is 0 Å². The van der Waals surface area contributed by atoms with Gasteiger partial charge < -0.3 is 27.7 Å². The largest absolute Gasteiger partial charge is 0.497 e. The molecular weight excluding hydrogens is 419 g/mol. The van der Waals surface area contributed by atoms with Crippen LogP contribution in [0.5, 0.6) is 5.75 Å². The van der Waals surface area contributed by atoms with Crippen LogP contribution >= 0.6 is 9.03 Å². The number of hydrogen-bond acceptors (Lipinski definition) is 6. The minimum Gasteiger partial charge on any atom is -0.497 e. The topological polar surface area (TPSA) is 55.4 Å². The Bertz CT molecular complexity index is 619. The van der Waals surface area contributed by atoms with Crippen molar-refractivity contribution in [3.63, 3.8) is 0 Å². The molecule has 1 aliphatic heterocycles. The molecule has 1 aromatic carbocycles. The molecule has 171 valence electrons. The highest BCUT2D eigenvalue weighted by Crippen LogP contribution is 2.40. The maximum absolute atomic E-state index is 6.57. The lowest BCUT2D eigenvalue weighted by atomic mass is 10.1. The van der Waals surface area contributed by atoms with Crippen LogP contribution in [0.1, 0.15) is 39.7 Å². The molecule has 1 aromatic rings. The highest BCUT2D eigenvalue weighted by molar-refractivity contribution is 7.26. The molecule has 6 nitrogen and oxygen atoms in total. The molecular formula is C22H38O6PSi. The number of ether oxygens (including phenoxy) is 3. The third kappa shape index (κ3) is 7.55. The SMILES string of the molecule is CCCOPOC1[C@H](O[Si](C)(C)C(C)(C)C)[CH]O[C@@H]1COCc1ccc(OC)cc1. The molecule has 0 saturated carbocycles. The van der Waals surface area contributed by atoms with Gasteiger partial charge in [0.1, 0.15) is 30.7 Å². The Morgan fingerprint density at radius 1 is 1.13 bits per heavy atom. The molecule has 4 atom stereocenters. The summed E-state index contributed by atoms with van der Waals surface area (Å²) in [7, 11) is -0.351. The Labute approximate surface area is 185 Å². The van der Waals surface area contributed by atoms with Gasteiger partial charge in [-0.1, -0.05) is 39.8 Å². The first-order valence-corrected chi connectivity index (χ1v) is 14.3. The van der Waals surface area contributed by atoms with Gasteiger partial charge in [-0.3, -0.25) is 0 Å². The van der Waals surface area contributed by atoms with Crippen molar-refractivity contribution in [2.45, 2.75) is 77.2 Å². The zero-order chi connectivity index (χ0) is 22.2. The van der Waals surface area contributed by atoms with E-state index in [0.717, 1.165) is 17.7 Å². The van der Waals surface area contributed by atoms with Crippen LogP contribution in [0.4, 0.5) is 0 Å². The molecule has 30 heavy (non-hydrogen) atoms. The summed E-state index contributed by atoms with van der Waals surface area (Å²) in [6.45, 7) is 16.6. The molecule has 1 radical (unpaired) electrons. The van der Waals surface area contributed by atoms with Crippen molar-refractivity contribution in [3.8, 4) is 5.75 Å². The molecule has 0 aliphatic carbocycles. The van der Waals surface area contributed by atoms with E-state index < -0.39 is 8.32 Å². The first-order chi connectivity index (χ1) is 14.2. The van der Waals surface area contributed by atoms with Crippen molar-refractivity contribution in [1.29, 1.82) is 0 Å². The second-order valence-corrected chi connectivity index (χ2v) is 14.5. The minimum atomic E-state index is -1.97. The molecule has 1 aliphatic rings. The summed E-state index contributed by atoms with van der Waals surface area (Å²) in [5, 5.41) is 0.106. The molecule has 2 rings (SSSR count). The average molecular weight is 458 g/mol. The quantitative estimate of drug-likeness (QED) is 0.235. The Hall–Kier alpha value is -0.533. The predicted molar refractivity (Wildman–Crippen MR) is 123 cm³/mol. The van der Waals surface area contributed by atoms with Crippen LogP contribution in [0.25, 0.3) is 0 Å². The smallest absolute Gasteiger partial charge is 0.192 e. The number of rotatable bonds is 12. The van der Waals surface area contributed by atoms with Gasteiger partial charge >= 0.3 is 0 Å². The Balaban J connectivity index is 1.94. The third-order valence-electron chi connectivity index (χ3n) is 5.57. The van der Waals surface area contributed by atoms with E-state index in [9.17, 15) is 0 Å². The van der Waals surface area contributed by atoms with E-state index in [1.165, 1.54) is 0 Å². The molecule has 0 N–H and O–H groups in total. The molecule has 1 saturated heterocycles. The zero-order valence-corrected chi connectivity index (χ0v) is 21.4. The summed E-state index contributed by atoms with van der Waals surface area (Å²) in [4.78, 5) is 0. The van der Waals surface area contributed by atoms with E-state index in [1.54, 1.807) is 13.7 Å². The van der Waals surface area contributed by atoms with Crippen molar-refractivity contribution in [1.82, 2.24) is 0 Å². The summed E-state index contributed by atoms with van der Waals surface area (Å²) in [6.07, 6.45) is 0.265. The van der Waals surface area contributed by atoms with E-state index in [0.29, 0.717) is 19.8 Å². The molecule has 0 amide bonds. The Kier molecular flexibility index (Phi) is 10.2. The summed E-state index contributed by atoms with van der Waals surface area (Å²) < 4.78 is 35.3. The van der Waals surface area contributed by atoms with Gasteiger partial charge in [0.25, 0.3) is 0 Å². The van der Waals surface area contributed by atoms with Crippen LogP contribution in [0.2, 0.25) is 18.1 Å². The lowest BCUT2D eigenvalue weighted by molar-refractivity contribution is -0.0185. The number of hydrogen-bond donors (Lipinski definition) is 0. The Morgan fingerprint density at radius 3 is 2.43 bits per heavy atom. The first-order valence-electron chi connectivity index (χ1n) is 10.6. The van der Waals surface area contributed by atoms with Crippen LogP contribution in [-0.2, 0) is 29.6 Å². The van der Waals surface area contributed by atoms with E-state index in [2.05, 4.69) is 40.8 Å². The van der Waals surface area contributed by atoms with E-state index in [1.807, 2.05) is 24.3 Å². The molecule has 0 spiro atoms. The van der Waals surface area contributed by atoms with Crippen LogP contribution in [0.3, 0.4) is 0 Å². The highest BCUT2D eigenvalue weighted by Gasteiger charge is 2.46. The second-order valence-electron chi connectivity index (χ2n) is 9.03. The van der Waals surface area contributed by atoms with E-state index in [-0.39, 0.29) is 32.4 Å². The predicted octanol–water partition coefficient (Wildman–Crippen LogP) is 5.48. The number of benzene rings is 1. The number of methoxy groups -OCH3 is 1. The molecule has 8 heteroatoms. The Morgan fingerprint density at radius 2 is 1.83 bits per heavy atom. The van der Waals surface area contributed by atoms with Gasteiger partial charge in [-0.2, -0.15) is 0 Å². The summed E-state index contributed by atoms with van der Waals surface area (Å²) in [6, 6.07) is 7.86. The average Bonchev–Trinajstić information content (AvgIpc) is 3.06. The molecule has 1 heterocycles. The fourth-order valence-electron chi connectivity index (χ4n) is 2.68. The first kappa shape index (κ1) is 25.7. The highest BCUT2D eigenvalue weighted by atomic mass is 31.1. The summed E-state index contributed by atoms with van der Waals surface area (Å²) in [5.41, 5.74) is 1.08. The fourth-order valence-corrected chi connectivity index (χ4v) is 4.66. The minimum absolute atomic E-state index is 0.0397. The normalized spacial score (nSPS) is 22.8. The molecule has 2 unspecified atom stereocenters. The van der Waals surface area contributed by atoms with Gasteiger partial charge in [0.05, 0.1) is 26.9 Å². The maximum atomic E-state index is 6.57.